The third-order valence-electron chi connectivity index (χ3n) is 4.91. The van der Waals surface area contributed by atoms with Gasteiger partial charge in [-0.1, -0.05) is 18.2 Å². The van der Waals surface area contributed by atoms with Gasteiger partial charge in [0.2, 0.25) is 10.0 Å². The van der Waals surface area contributed by atoms with E-state index in [-0.39, 0.29) is 6.10 Å². The number of halogens is 9. The summed E-state index contributed by atoms with van der Waals surface area (Å²) in [5, 5.41) is 24.7. The zero-order valence-electron chi connectivity index (χ0n) is 21.6. The Hall–Kier alpha value is -3.21. The van der Waals surface area contributed by atoms with Crippen molar-refractivity contribution in [3.05, 3.63) is 30.3 Å². The van der Waals surface area contributed by atoms with Crippen LogP contribution in [-0.2, 0) is 29.1 Å². The number of carboxylic acid groups (broad SMARTS) is 3. The van der Waals surface area contributed by atoms with Crippen LogP contribution >= 0.6 is 0 Å². The zero-order valence-corrected chi connectivity index (χ0v) is 22.4. The van der Waals surface area contributed by atoms with Crippen molar-refractivity contribution >= 4 is 27.9 Å². The van der Waals surface area contributed by atoms with Crippen LogP contribution in [0, 0.1) is 0 Å². The van der Waals surface area contributed by atoms with E-state index in [0.717, 1.165) is 39.3 Å². The first-order valence-electron chi connectivity index (χ1n) is 11.5. The molecular weight excluding hydrogens is 641 g/mol. The molecule has 12 nitrogen and oxygen atoms in total. The molecule has 2 fully saturated rings. The summed E-state index contributed by atoms with van der Waals surface area (Å²) in [5.74, 6) is -8.27. The summed E-state index contributed by atoms with van der Waals surface area (Å²) < 4.78 is 128. The van der Waals surface area contributed by atoms with Crippen molar-refractivity contribution in [2.75, 3.05) is 52.4 Å². The molecule has 0 radical (unpaired) electrons. The summed E-state index contributed by atoms with van der Waals surface area (Å²) in [6, 6.07) is 8.66. The van der Waals surface area contributed by atoms with Crippen molar-refractivity contribution in [2.45, 2.75) is 29.5 Å². The maximum absolute atomic E-state index is 12.6. The van der Waals surface area contributed by atoms with Gasteiger partial charge in [-0.3, -0.25) is 4.90 Å². The van der Waals surface area contributed by atoms with Crippen LogP contribution in [0.25, 0.3) is 0 Å². The SMILES string of the molecule is O=C(O)C(F)(F)F.O=C(O)C(F)(F)F.O=C(O)C(F)(F)F.O=S(=O)(c1ccccc1)N1CCN(CC2CNCCO2)CC1. The van der Waals surface area contributed by atoms with Gasteiger partial charge in [0.25, 0.3) is 0 Å². The standard InChI is InChI=1S/C15H23N3O3S.3C2HF3O2/c19-22(20,15-4-2-1-3-5-15)18-9-7-17(8-10-18)13-14-12-16-6-11-21-14;3*3-2(4,5)1(6)7/h1-5,14,16H,6-13H2;3*(H,6,7). The second-order valence-corrected chi connectivity index (χ2v) is 10.1. The van der Waals surface area contributed by atoms with E-state index in [4.69, 9.17) is 34.4 Å². The number of ether oxygens (including phenoxy) is 1. The maximum atomic E-state index is 12.6. The molecule has 0 bridgehead atoms. The summed E-state index contributed by atoms with van der Waals surface area (Å²) in [7, 11) is -3.36. The lowest BCUT2D eigenvalue weighted by molar-refractivity contribution is -0.193. The lowest BCUT2D eigenvalue weighted by atomic mass is 10.2. The van der Waals surface area contributed by atoms with Crippen molar-refractivity contribution in [1.82, 2.24) is 14.5 Å². The number of hydrogen-bond acceptors (Lipinski definition) is 8. The molecule has 1 atom stereocenters. The smallest absolute Gasteiger partial charge is 0.475 e. The minimum Gasteiger partial charge on any atom is -0.475 e. The van der Waals surface area contributed by atoms with E-state index < -0.39 is 46.5 Å². The van der Waals surface area contributed by atoms with Crippen LogP contribution in [0.15, 0.2) is 35.2 Å². The first-order valence-corrected chi connectivity index (χ1v) is 12.9. The Balaban J connectivity index is 0.000000690. The number of alkyl halides is 9. The molecule has 0 spiro atoms. The highest BCUT2D eigenvalue weighted by molar-refractivity contribution is 7.89. The van der Waals surface area contributed by atoms with Crippen molar-refractivity contribution in [3.63, 3.8) is 0 Å². The number of morpholine rings is 1. The Bertz CT molecular complexity index is 1060. The van der Waals surface area contributed by atoms with Crippen molar-refractivity contribution in [3.8, 4) is 0 Å². The maximum Gasteiger partial charge on any atom is 0.490 e. The molecule has 0 saturated carbocycles. The van der Waals surface area contributed by atoms with Gasteiger partial charge in [-0.25, -0.2) is 22.8 Å². The molecule has 43 heavy (non-hydrogen) atoms. The molecule has 2 aliphatic rings. The molecule has 4 N–H and O–H groups in total. The normalized spacial score (nSPS) is 18.4. The Kier molecular flexibility index (Phi) is 15.9. The lowest BCUT2D eigenvalue weighted by Crippen LogP contribution is -2.52. The molecule has 248 valence electrons. The van der Waals surface area contributed by atoms with E-state index >= 15 is 0 Å². The molecule has 0 aliphatic carbocycles. The Morgan fingerprint density at radius 2 is 1.19 bits per heavy atom. The van der Waals surface area contributed by atoms with Gasteiger partial charge in [0, 0.05) is 45.8 Å². The third kappa shape index (κ3) is 16.3. The fraction of sp³-hybridized carbons (Fsp3) is 0.571. The number of hydrogen-bond donors (Lipinski definition) is 4. The molecule has 1 unspecified atom stereocenters. The number of nitrogens with zero attached hydrogens (tertiary/aromatic N) is 2. The number of rotatable bonds is 4. The van der Waals surface area contributed by atoms with Crippen molar-refractivity contribution in [2.24, 2.45) is 0 Å². The summed E-state index contributed by atoms with van der Waals surface area (Å²) in [6.07, 6.45) is -15.0. The number of benzene rings is 1. The van der Waals surface area contributed by atoms with Crippen molar-refractivity contribution in [1.29, 1.82) is 0 Å². The van der Waals surface area contributed by atoms with Crippen LogP contribution < -0.4 is 5.32 Å². The molecule has 2 saturated heterocycles. The quantitative estimate of drug-likeness (QED) is 0.346. The highest BCUT2D eigenvalue weighted by Gasteiger charge is 2.39. The fourth-order valence-electron chi connectivity index (χ4n) is 2.92. The van der Waals surface area contributed by atoms with Crippen LogP contribution in [0.5, 0.6) is 0 Å². The number of sulfonamides is 1. The largest absolute Gasteiger partial charge is 0.490 e. The monoisotopic (exact) mass is 667 g/mol. The summed E-state index contributed by atoms with van der Waals surface area (Å²) in [5.41, 5.74) is 0. The zero-order chi connectivity index (χ0) is 33.6. The van der Waals surface area contributed by atoms with E-state index in [2.05, 4.69) is 10.2 Å². The Labute approximate surface area is 237 Å². The van der Waals surface area contributed by atoms with Crippen LogP contribution in [0.2, 0.25) is 0 Å². The number of aliphatic carboxylic acids is 3. The van der Waals surface area contributed by atoms with Crippen molar-refractivity contribution < 1.29 is 82.4 Å². The van der Waals surface area contributed by atoms with Gasteiger partial charge in [0.1, 0.15) is 0 Å². The van der Waals surface area contributed by atoms with Gasteiger partial charge in [-0.2, -0.15) is 43.8 Å². The van der Waals surface area contributed by atoms with Gasteiger partial charge in [0.05, 0.1) is 17.6 Å². The van der Waals surface area contributed by atoms with Gasteiger partial charge < -0.3 is 25.4 Å². The summed E-state index contributed by atoms with van der Waals surface area (Å²) >= 11 is 0. The first kappa shape index (κ1) is 39.8. The minimum absolute atomic E-state index is 0.214. The second-order valence-electron chi connectivity index (χ2n) is 8.12. The molecule has 0 amide bonds. The van der Waals surface area contributed by atoms with E-state index in [1.807, 2.05) is 6.07 Å². The minimum atomic E-state index is -5.08. The average molecular weight is 667 g/mol. The molecule has 22 heteroatoms. The first-order chi connectivity index (χ1) is 19.5. The Morgan fingerprint density at radius 1 is 0.791 bits per heavy atom. The van der Waals surface area contributed by atoms with Gasteiger partial charge in [-0.05, 0) is 12.1 Å². The Morgan fingerprint density at radius 3 is 1.51 bits per heavy atom. The molecule has 2 aliphatic heterocycles. The number of carboxylic acids is 3. The second kappa shape index (κ2) is 17.2. The number of nitrogens with one attached hydrogen (secondary N) is 1. The predicted octanol–water partition coefficient (Wildman–Crippen LogP) is 1.88. The van der Waals surface area contributed by atoms with Crippen LogP contribution in [0.4, 0.5) is 39.5 Å². The highest BCUT2D eigenvalue weighted by Crippen LogP contribution is 2.18. The number of piperazine rings is 1. The van der Waals surface area contributed by atoms with Gasteiger partial charge >= 0.3 is 36.4 Å². The van der Waals surface area contributed by atoms with Crippen LogP contribution in [-0.4, -0.2) is 128 Å². The van der Waals surface area contributed by atoms with Gasteiger partial charge in [-0.15, -0.1) is 0 Å². The van der Waals surface area contributed by atoms with Crippen LogP contribution in [0.3, 0.4) is 0 Å². The molecule has 1 aromatic carbocycles. The van der Waals surface area contributed by atoms with E-state index in [9.17, 15) is 47.9 Å². The predicted molar refractivity (Wildman–Crippen MR) is 125 cm³/mol. The summed E-state index contributed by atoms with van der Waals surface area (Å²) in [4.78, 5) is 29.4. The van der Waals surface area contributed by atoms with Crippen LogP contribution in [0.1, 0.15) is 0 Å². The molecule has 3 rings (SSSR count). The molecule has 2 heterocycles. The average Bonchev–Trinajstić information content (AvgIpc) is 2.89. The third-order valence-corrected chi connectivity index (χ3v) is 6.82. The van der Waals surface area contributed by atoms with E-state index in [1.54, 1.807) is 28.6 Å². The highest BCUT2D eigenvalue weighted by atomic mass is 32.2. The lowest BCUT2D eigenvalue weighted by Gasteiger charge is -2.36. The fourth-order valence-corrected chi connectivity index (χ4v) is 4.36. The molecular formula is C21H26F9N3O9S. The topological polar surface area (TPSA) is 174 Å². The molecule has 1 aromatic rings. The van der Waals surface area contributed by atoms with E-state index in [0.29, 0.717) is 18.0 Å². The number of carbonyl (C=O) groups is 3. The van der Waals surface area contributed by atoms with Gasteiger partial charge in [0.15, 0.2) is 0 Å². The summed E-state index contributed by atoms with van der Waals surface area (Å²) in [6.45, 7) is 6.01. The van der Waals surface area contributed by atoms with E-state index in [1.165, 1.54) is 0 Å². The molecule has 0 aromatic heterocycles.